The van der Waals surface area contributed by atoms with Crippen LogP contribution in [0, 0.1) is 0 Å². The third-order valence-corrected chi connectivity index (χ3v) is 10.4. The zero-order chi connectivity index (χ0) is 40.8. The summed E-state index contributed by atoms with van der Waals surface area (Å²) in [5.74, 6) is -0.899. The van der Waals surface area contributed by atoms with Crippen LogP contribution in [-0.4, -0.2) is 37.2 Å². The lowest BCUT2D eigenvalue weighted by Crippen LogP contribution is -2.30. The van der Waals surface area contributed by atoms with Gasteiger partial charge in [0.15, 0.2) is 6.10 Å². The molecule has 1 atom stereocenters. The van der Waals surface area contributed by atoms with Gasteiger partial charge >= 0.3 is 17.9 Å². The van der Waals surface area contributed by atoms with Gasteiger partial charge in [-0.1, -0.05) is 186 Å². The van der Waals surface area contributed by atoms with Gasteiger partial charge in [-0.05, 0) is 77.0 Å². The zero-order valence-electron chi connectivity index (χ0n) is 37.2. The second kappa shape index (κ2) is 45.3. The average molecular weight is 787 g/mol. The Bertz CT molecular complexity index is 953. The molecule has 0 aromatic carbocycles. The van der Waals surface area contributed by atoms with E-state index < -0.39 is 6.10 Å². The van der Waals surface area contributed by atoms with Crippen molar-refractivity contribution >= 4 is 17.9 Å². The smallest absolute Gasteiger partial charge is 0.306 e. The van der Waals surface area contributed by atoms with E-state index >= 15 is 0 Å². The van der Waals surface area contributed by atoms with E-state index in [1.165, 1.54) is 128 Å². The van der Waals surface area contributed by atoms with Crippen LogP contribution in [0.4, 0.5) is 0 Å². The lowest BCUT2D eigenvalue weighted by Gasteiger charge is -2.18. The molecule has 0 aromatic heterocycles. The van der Waals surface area contributed by atoms with Crippen molar-refractivity contribution in [3.8, 4) is 0 Å². The SMILES string of the molecule is CCCCC/C=C\C/C=C\CCCCCCCCCC(=O)OCC(COC(=O)CCCCCCCC)OC(=O)CCCCCCC/C=C\CCCCCCCC. The molecular weight excluding hydrogens is 697 g/mol. The molecule has 0 saturated carbocycles. The molecule has 6 nitrogen and oxygen atoms in total. The van der Waals surface area contributed by atoms with Crippen LogP contribution in [0.5, 0.6) is 0 Å². The summed E-state index contributed by atoms with van der Waals surface area (Å²) in [4.78, 5) is 37.6. The van der Waals surface area contributed by atoms with Gasteiger partial charge in [0.1, 0.15) is 13.2 Å². The van der Waals surface area contributed by atoms with E-state index in [1.807, 2.05) is 0 Å². The lowest BCUT2D eigenvalue weighted by atomic mass is 10.1. The van der Waals surface area contributed by atoms with Crippen LogP contribution in [0.2, 0.25) is 0 Å². The molecular formula is C50H90O6. The summed E-state index contributed by atoms with van der Waals surface area (Å²) in [5, 5.41) is 0. The molecule has 0 heterocycles. The highest BCUT2D eigenvalue weighted by molar-refractivity contribution is 5.71. The third-order valence-electron chi connectivity index (χ3n) is 10.4. The molecule has 0 saturated heterocycles. The number of hydrogen-bond acceptors (Lipinski definition) is 6. The maximum absolute atomic E-state index is 12.7. The molecule has 56 heavy (non-hydrogen) atoms. The number of ether oxygens (including phenoxy) is 3. The Kier molecular flexibility index (Phi) is 43.4. The Balaban J connectivity index is 4.26. The van der Waals surface area contributed by atoms with Crippen LogP contribution in [0.1, 0.15) is 245 Å². The summed E-state index contributed by atoms with van der Waals surface area (Å²) in [5.41, 5.74) is 0. The molecule has 6 heteroatoms. The van der Waals surface area contributed by atoms with Gasteiger partial charge in [0.05, 0.1) is 0 Å². The fourth-order valence-electron chi connectivity index (χ4n) is 6.70. The molecule has 0 aromatic rings. The molecule has 0 aliphatic rings. The van der Waals surface area contributed by atoms with E-state index in [0.29, 0.717) is 19.3 Å². The van der Waals surface area contributed by atoms with E-state index in [9.17, 15) is 14.4 Å². The lowest BCUT2D eigenvalue weighted by molar-refractivity contribution is -0.167. The highest BCUT2D eigenvalue weighted by atomic mass is 16.6. The molecule has 0 rings (SSSR count). The van der Waals surface area contributed by atoms with Crippen molar-refractivity contribution in [2.45, 2.75) is 252 Å². The van der Waals surface area contributed by atoms with Gasteiger partial charge in [-0.25, -0.2) is 0 Å². The normalized spacial score (nSPS) is 12.3. The number of allylic oxidation sites excluding steroid dienone is 6. The zero-order valence-corrected chi connectivity index (χ0v) is 37.2. The summed E-state index contributed by atoms with van der Waals surface area (Å²) in [6.07, 6.45) is 51.4. The fraction of sp³-hybridized carbons (Fsp3) is 0.820. The first kappa shape index (κ1) is 53.6. The van der Waals surface area contributed by atoms with Crippen LogP contribution >= 0.6 is 0 Å². The summed E-state index contributed by atoms with van der Waals surface area (Å²) >= 11 is 0. The van der Waals surface area contributed by atoms with Crippen LogP contribution in [0.3, 0.4) is 0 Å². The van der Waals surface area contributed by atoms with Gasteiger partial charge in [-0.15, -0.1) is 0 Å². The van der Waals surface area contributed by atoms with Crippen LogP contribution in [0.25, 0.3) is 0 Å². The molecule has 0 aliphatic heterocycles. The third kappa shape index (κ3) is 42.8. The number of rotatable bonds is 43. The predicted octanol–water partition coefficient (Wildman–Crippen LogP) is 15.4. The van der Waals surface area contributed by atoms with Crippen LogP contribution in [-0.2, 0) is 28.6 Å². The molecule has 0 fully saturated rings. The first-order chi connectivity index (χ1) is 27.5. The Morgan fingerprint density at radius 3 is 1.04 bits per heavy atom. The average Bonchev–Trinajstić information content (AvgIpc) is 3.19. The summed E-state index contributed by atoms with van der Waals surface area (Å²) in [6.45, 7) is 6.54. The van der Waals surface area contributed by atoms with Gasteiger partial charge < -0.3 is 14.2 Å². The maximum Gasteiger partial charge on any atom is 0.306 e. The Labute approximate surface area is 346 Å². The Hall–Kier alpha value is -2.37. The number of carbonyl (C=O) groups excluding carboxylic acids is 3. The number of esters is 3. The van der Waals surface area contributed by atoms with E-state index in [0.717, 1.165) is 77.0 Å². The van der Waals surface area contributed by atoms with Gasteiger partial charge in [-0.3, -0.25) is 14.4 Å². The number of carbonyl (C=O) groups is 3. The highest BCUT2D eigenvalue weighted by Gasteiger charge is 2.19. The van der Waals surface area contributed by atoms with E-state index in [4.69, 9.17) is 14.2 Å². The Morgan fingerprint density at radius 1 is 0.357 bits per heavy atom. The highest BCUT2D eigenvalue weighted by Crippen LogP contribution is 2.14. The topological polar surface area (TPSA) is 78.9 Å². The summed E-state index contributed by atoms with van der Waals surface area (Å²) in [7, 11) is 0. The van der Waals surface area contributed by atoms with Gasteiger partial charge in [0.2, 0.25) is 0 Å². The van der Waals surface area contributed by atoms with Crippen LogP contribution < -0.4 is 0 Å². The molecule has 1 unspecified atom stereocenters. The molecule has 0 N–H and O–H groups in total. The van der Waals surface area contributed by atoms with Crippen molar-refractivity contribution in [2.24, 2.45) is 0 Å². The standard InChI is InChI=1S/C50H90O6/c1-4-7-10-13-16-18-20-22-24-25-27-28-30-32-34-37-40-43-49(52)55-46-47(45-54-48(51)42-39-36-15-12-9-6-3)56-50(53)44-41-38-35-33-31-29-26-23-21-19-17-14-11-8-5-2/h16,18,22-24,26,47H,4-15,17,19-21,25,27-46H2,1-3H3/b18-16-,24-22-,26-23-. The summed E-state index contributed by atoms with van der Waals surface area (Å²) < 4.78 is 16.7. The first-order valence-corrected chi connectivity index (χ1v) is 24.0. The van der Waals surface area contributed by atoms with Crippen LogP contribution in [0.15, 0.2) is 36.5 Å². The maximum atomic E-state index is 12.7. The van der Waals surface area contributed by atoms with Crippen molar-refractivity contribution in [1.29, 1.82) is 0 Å². The summed E-state index contributed by atoms with van der Waals surface area (Å²) in [6, 6.07) is 0. The minimum Gasteiger partial charge on any atom is -0.462 e. The molecule has 0 aliphatic carbocycles. The minimum atomic E-state index is -0.773. The predicted molar refractivity (Wildman–Crippen MR) is 238 cm³/mol. The van der Waals surface area contributed by atoms with Gasteiger partial charge in [0, 0.05) is 19.3 Å². The van der Waals surface area contributed by atoms with E-state index in [1.54, 1.807) is 0 Å². The van der Waals surface area contributed by atoms with E-state index in [-0.39, 0.29) is 31.1 Å². The molecule has 0 amide bonds. The van der Waals surface area contributed by atoms with Crippen molar-refractivity contribution < 1.29 is 28.6 Å². The van der Waals surface area contributed by atoms with Gasteiger partial charge in [-0.2, -0.15) is 0 Å². The minimum absolute atomic E-state index is 0.0774. The quantitative estimate of drug-likeness (QED) is 0.0265. The Morgan fingerprint density at radius 2 is 0.643 bits per heavy atom. The molecule has 0 spiro atoms. The number of unbranched alkanes of at least 4 members (excludes halogenated alkanes) is 26. The first-order valence-electron chi connectivity index (χ1n) is 24.0. The largest absolute Gasteiger partial charge is 0.462 e. The number of hydrogen-bond donors (Lipinski definition) is 0. The van der Waals surface area contributed by atoms with Crippen molar-refractivity contribution in [3.63, 3.8) is 0 Å². The van der Waals surface area contributed by atoms with Gasteiger partial charge in [0.25, 0.3) is 0 Å². The molecule has 0 bridgehead atoms. The molecule has 0 radical (unpaired) electrons. The molecule has 326 valence electrons. The monoisotopic (exact) mass is 787 g/mol. The van der Waals surface area contributed by atoms with Crippen molar-refractivity contribution in [2.75, 3.05) is 13.2 Å². The second-order valence-corrected chi connectivity index (χ2v) is 16.0. The fourth-order valence-corrected chi connectivity index (χ4v) is 6.70. The second-order valence-electron chi connectivity index (χ2n) is 16.0. The van der Waals surface area contributed by atoms with E-state index in [2.05, 4.69) is 57.2 Å². The van der Waals surface area contributed by atoms with Crippen molar-refractivity contribution in [1.82, 2.24) is 0 Å². The van der Waals surface area contributed by atoms with Crippen molar-refractivity contribution in [3.05, 3.63) is 36.5 Å².